The number of hydrogen-bond donors (Lipinski definition) is 0. The molecule has 8 nitrogen and oxygen atoms in total. The largest absolute Gasteiger partial charge is 0.452 e. The number of piperidine rings is 1. The van der Waals surface area contributed by atoms with Gasteiger partial charge in [0.1, 0.15) is 5.15 Å². The molecule has 3 rings (SSSR count). The van der Waals surface area contributed by atoms with Gasteiger partial charge in [-0.15, -0.1) is 0 Å². The molecule has 0 spiro atoms. The van der Waals surface area contributed by atoms with Crippen molar-refractivity contribution in [3.8, 4) is 0 Å². The summed E-state index contributed by atoms with van der Waals surface area (Å²) < 4.78 is 30.0. The predicted molar refractivity (Wildman–Crippen MR) is 114 cm³/mol. The van der Waals surface area contributed by atoms with E-state index in [0.717, 1.165) is 6.42 Å². The average molecular weight is 458 g/mol. The summed E-state index contributed by atoms with van der Waals surface area (Å²) in [5.41, 5.74) is 1.11. The molecule has 3 atom stereocenters. The number of carbonyl (C=O) groups is 2. The number of aromatic nitrogens is 2. The van der Waals surface area contributed by atoms with E-state index in [1.54, 1.807) is 11.8 Å². The van der Waals surface area contributed by atoms with Crippen molar-refractivity contribution in [3.05, 3.63) is 22.5 Å². The van der Waals surface area contributed by atoms with Crippen LogP contribution >= 0.6 is 11.6 Å². The quantitative estimate of drug-likeness (QED) is 0.496. The van der Waals surface area contributed by atoms with Gasteiger partial charge < -0.3 is 9.64 Å². The minimum atomic E-state index is -3.07. The van der Waals surface area contributed by atoms with Crippen LogP contribution < -0.4 is 0 Å². The monoisotopic (exact) mass is 457 g/mol. The van der Waals surface area contributed by atoms with Crippen molar-refractivity contribution in [2.75, 3.05) is 31.2 Å². The normalized spacial score (nSPS) is 26.3. The molecule has 0 aliphatic carbocycles. The van der Waals surface area contributed by atoms with Crippen LogP contribution in [0.2, 0.25) is 5.15 Å². The Kier molecular flexibility index (Phi) is 6.91. The molecule has 2 saturated heterocycles. The molecule has 2 fully saturated rings. The van der Waals surface area contributed by atoms with Crippen LogP contribution in [-0.4, -0.2) is 66.2 Å². The summed E-state index contributed by atoms with van der Waals surface area (Å²) in [4.78, 5) is 26.1. The summed E-state index contributed by atoms with van der Waals surface area (Å²) in [5.74, 6) is 0.157. The van der Waals surface area contributed by atoms with Crippen LogP contribution in [0.1, 0.15) is 44.0 Å². The zero-order valence-corrected chi connectivity index (χ0v) is 19.1. The third kappa shape index (κ3) is 5.43. The number of likely N-dealkylation sites (tertiary alicyclic amines) is 1. The topological polar surface area (TPSA) is 98.6 Å². The van der Waals surface area contributed by atoms with Crippen molar-refractivity contribution in [3.63, 3.8) is 0 Å². The Morgan fingerprint density at radius 1 is 1.27 bits per heavy atom. The van der Waals surface area contributed by atoms with Crippen LogP contribution in [0.3, 0.4) is 0 Å². The Balaban J connectivity index is 1.58. The van der Waals surface area contributed by atoms with E-state index in [0.29, 0.717) is 42.6 Å². The van der Waals surface area contributed by atoms with E-state index in [-0.39, 0.29) is 35.2 Å². The SMILES string of the molecule is Cc1nn([C@H]2CCS(=O)(=O)C2)c(Cl)c1/C=C/C(=O)OCC(=O)N1C[C@@H](C)C[C@H](C)C1. The summed E-state index contributed by atoms with van der Waals surface area (Å²) in [6.45, 7) is 7.02. The van der Waals surface area contributed by atoms with Gasteiger partial charge in [0.2, 0.25) is 0 Å². The summed E-state index contributed by atoms with van der Waals surface area (Å²) >= 11 is 6.38. The molecule has 0 bridgehead atoms. The minimum Gasteiger partial charge on any atom is -0.452 e. The van der Waals surface area contributed by atoms with E-state index in [1.165, 1.54) is 16.8 Å². The van der Waals surface area contributed by atoms with Crippen molar-refractivity contribution in [1.82, 2.24) is 14.7 Å². The first-order chi connectivity index (χ1) is 14.1. The zero-order chi connectivity index (χ0) is 22.1. The highest BCUT2D eigenvalue weighted by Gasteiger charge is 2.32. The van der Waals surface area contributed by atoms with Crippen molar-refractivity contribution in [1.29, 1.82) is 0 Å². The van der Waals surface area contributed by atoms with Gasteiger partial charge in [-0.3, -0.25) is 4.79 Å². The highest BCUT2D eigenvalue weighted by Crippen LogP contribution is 2.30. The van der Waals surface area contributed by atoms with Crippen LogP contribution in [0, 0.1) is 18.8 Å². The van der Waals surface area contributed by atoms with Gasteiger partial charge in [0.25, 0.3) is 5.91 Å². The Morgan fingerprint density at radius 2 is 1.93 bits per heavy atom. The number of sulfone groups is 1. The van der Waals surface area contributed by atoms with Gasteiger partial charge in [-0.25, -0.2) is 17.9 Å². The average Bonchev–Trinajstić information content (AvgIpc) is 3.15. The van der Waals surface area contributed by atoms with E-state index >= 15 is 0 Å². The van der Waals surface area contributed by atoms with E-state index in [2.05, 4.69) is 18.9 Å². The molecule has 0 saturated carbocycles. The maximum absolute atomic E-state index is 12.3. The van der Waals surface area contributed by atoms with E-state index in [9.17, 15) is 18.0 Å². The highest BCUT2D eigenvalue weighted by atomic mass is 35.5. The molecular formula is C20H28ClN3O5S. The van der Waals surface area contributed by atoms with Crippen LogP contribution in [0.5, 0.6) is 0 Å². The number of halogens is 1. The summed E-state index contributed by atoms with van der Waals surface area (Å²) in [6, 6.07) is -0.303. The predicted octanol–water partition coefficient (Wildman–Crippen LogP) is 2.27. The number of amides is 1. The minimum absolute atomic E-state index is 0.00881. The van der Waals surface area contributed by atoms with Crippen molar-refractivity contribution in [2.24, 2.45) is 11.8 Å². The van der Waals surface area contributed by atoms with Crippen LogP contribution in [0.15, 0.2) is 6.08 Å². The van der Waals surface area contributed by atoms with E-state index in [4.69, 9.17) is 16.3 Å². The third-order valence-electron chi connectivity index (χ3n) is 5.57. The van der Waals surface area contributed by atoms with Crippen LogP contribution in [-0.2, 0) is 24.2 Å². The molecule has 0 N–H and O–H groups in total. The lowest BCUT2D eigenvalue weighted by Gasteiger charge is -2.34. The Morgan fingerprint density at radius 3 is 2.53 bits per heavy atom. The fourth-order valence-corrected chi connectivity index (χ4v) is 6.29. The van der Waals surface area contributed by atoms with Gasteiger partial charge in [-0.1, -0.05) is 25.4 Å². The van der Waals surface area contributed by atoms with Gasteiger partial charge in [0.05, 0.1) is 23.2 Å². The lowest BCUT2D eigenvalue weighted by molar-refractivity contribution is -0.149. The van der Waals surface area contributed by atoms with Gasteiger partial charge in [0.15, 0.2) is 16.4 Å². The Bertz CT molecular complexity index is 946. The number of esters is 1. The lowest BCUT2D eigenvalue weighted by atomic mass is 9.92. The molecule has 1 amide bonds. The Hall–Kier alpha value is -1.87. The smallest absolute Gasteiger partial charge is 0.331 e. The van der Waals surface area contributed by atoms with Gasteiger partial charge in [-0.05, 0) is 37.7 Å². The zero-order valence-electron chi connectivity index (χ0n) is 17.5. The molecule has 0 unspecified atom stereocenters. The molecule has 2 aliphatic heterocycles. The maximum atomic E-state index is 12.3. The maximum Gasteiger partial charge on any atom is 0.331 e. The number of rotatable bonds is 5. The van der Waals surface area contributed by atoms with Crippen molar-refractivity contribution in [2.45, 2.75) is 39.7 Å². The molecule has 1 aromatic rings. The first kappa shape index (κ1) is 22.8. The van der Waals surface area contributed by atoms with Crippen molar-refractivity contribution >= 4 is 39.4 Å². The molecular weight excluding hydrogens is 430 g/mol. The van der Waals surface area contributed by atoms with Crippen LogP contribution in [0.25, 0.3) is 6.08 Å². The summed E-state index contributed by atoms with van der Waals surface area (Å²) in [7, 11) is -3.07. The fraction of sp³-hybridized carbons (Fsp3) is 0.650. The fourth-order valence-electron chi connectivity index (χ4n) is 4.22. The third-order valence-corrected chi connectivity index (χ3v) is 7.70. The summed E-state index contributed by atoms with van der Waals surface area (Å²) in [5, 5.41) is 4.62. The number of aryl methyl sites for hydroxylation is 1. The van der Waals surface area contributed by atoms with Gasteiger partial charge >= 0.3 is 5.97 Å². The molecule has 10 heteroatoms. The molecule has 3 heterocycles. The molecule has 166 valence electrons. The van der Waals surface area contributed by atoms with Gasteiger partial charge in [-0.2, -0.15) is 5.10 Å². The second kappa shape index (κ2) is 9.09. The molecule has 0 aromatic carbocycles. The highest BCUT2D eigenvalue weighted by molar-refractivity contribution is 7.91. The summed E-state index contributed by atoms with van der Waals surface area (Å²) in [6.07, 6.45) is 4.25. The van der Waals surface area contributed by atoms with Gasteiger partial charge in [0, 0.05) is 24.7 Å². The Labute approximate surface area is 182 Å². The van der Waals surface area contributed by atoms with Crippen LogP contribution in [0.4, 0.5) is 0 Å². The number of nitrogens with zero attached hydrogens (tertiary/aromatic N) is 3. The lowest BCUT2D eigenvalue weighted by Crippen LogP contribution is -2.44. The van der Waals surface area contributed by atoms with E-state index in [1.807, 2.05) is 0 Å². The molecule has 0 radical (unpaired) electrons. The molecule has 30 heavy (non-hydrogen) atoms. The van der Waals surface area contributed by atoms with Crippen molar-refractivity contribution < 1.29 is 22.7 Å². The number of hydrogen-bond acceptors (Lipinski definition) is 6. The second-order valence-electron chi connectivity index (χ2n) is 8.48. The molecule has 2 aliphatic rings. The molecule has 1 aromatic heterocycles. The first-order valence-corrected chi connectivity index (χ1v) is 12.3. The van der Waals surface area contributed by atoms with E-state index < -0.39 is 15.8 Å². The first-order valence-electron chi connectivity index (χ1n) is 10.1. The number of ether oxygens (including phenoxy) is 1. The number of carbonyl (C=O) groups excluding carboxylic acids is 2. The standard InChI is InChI=1S/C20H28ClN3O5S/c1-13-8-14(2)10-23(9-13)18(25)11-29-19(26)5-4-17-15(3)22-24(20(17)21)16-6-7-30(27,28)12-16/h4-5,13-14,16H,6-12H2,1-3H3/b5-4+/t13-,14-,16-/m0/s1. The second-order valence-corrected chi connectivity index (χ2v) is 11.1.